The fourth-order valence-electron chi connectivity index (χ4n) is 4.59. The van der Waals surface area contributed by atoms with E-state index in [1.54, 1.807) is 0 Å². The summed E-state index contributed by atoms with van der Waals surface area (Å²) in [5.41, 5.74) is -0.109. The Kier molecular flexibility index (Phi) is 21.8. The van der Waals surface area contributed by atoms with Crippen LogP contribution in [0.3, 0.4) is 0 Å². The first-order valence-electron chi connectivity index (χ1n) is 16.7. The van der Waals surface area contributed by atoms with Crippen LogP contribution in [0.2, 0.25) is 40.9 Å². The first-order chi connectivity index (χ1) is 21.0. The lowest BCUT2D eigenvalue weighted by Crippen LogP contribution is -2.44. The van der Waals surface area contributed by atoms with Crippen LogP contribution in [-0.2, 0) is 46.5 Å². The van der Waals surface area contributed by atoms with E-state index >= 15 is 0 Å². The van der Waals surface area contributed by atoms with Gasteiger partial charge in [-0.15, -0.1) is 0 Å². The molecular formula is C28H64B6O12. The average molecular weight is 658 g/mol. The molecule has 12 nitrogen and oxygen atoms in total. The topological polar surface area (TPSA) is 133 Å². The van der Waals surface area contributed by atoms with Gasteiger partial charge in [0.25, 0.3) is 0 Å². The molecule has 5 aliphatic rings. The third-order valence-electron chi connectivity index (χ3n) is 7.26. The summed E-state index contributed by atoms with van der Waals surface area (Å²) >= 11 is 0. The van der Waals surface area contributed by atoms with E-state index in [-0.39, 0.29) is 57.8 Å². The van der Waals surface area contributed by atoms with Gasteiger partial charge in [-0.25, -0.2) is 0 Å². The van der Waals surface area contributed by atoms with E-state index in [1.807, 2.05) is 34.1 Å². The van der Waals surface area contributed by atoms with Crippen molar-refractivity contribution in [2.75, 3.05) is 39.6 Å². The highest BCUT2D eigenvalue weighted by molar-refractivity contribution is 6.44. The van der Waals surface area contributed by atoms with Crippen molar-refractivity contribution in [1.29, 1.82) is 0 Å². The number of rotatable bonds is 0. The molecule has 0 amide bonds. The summed E-state index contributed by atoms with van der Waals surface area (Å²) in [5.74, 6) is 0. The molecule has 5 fully saturated rings. The summed E-state index contributed by atoms with van der Waals surface area (Å²) in [4.78, 5) is 0. The minimum absolute atomic E-state index is 0.00183. The summed E-state index contributed by atoms with van der Waals surface area (Å²) in [6.07, 6.45) is 2.36. The van der Waals surface area contributed by atoms with Crippen LogP contribution in [0.1, 0.15) is 75.2 Å². The molecule has 0 aromatic rings. The van der Waals surface area contributed by atoms with Crippen molar-refractivity contribution in [3.05, 3.63) is 0 Å². The Morgan fingerprint density at radius 2 is 0.935 bits per heavy atom. The van der Waals surface area contributed by atoms with Crippen LogP contribution in [0.5, 0.6) is 0 Å². The first-order valence-corrected chi connectivity index (χ1v) is 16.7. The molecule has 0 saturated carbocycles. The lowest BCUT2D eigenvalue weighted by atomic mass is 9.86. The monoisotopic (exact) mass is 658 g/mol. The first kappa shape index (κ1) is 45.9. The van der Waals surface area contributed by atoms with Crippen molar-refractivity contribution in [2.45, 2.75) is 139 Å². The molecule has 0 aliphatic carbocycles. The van der Waals surface area contributed by atoms with Gasteiger partial charge in [0.2, 0.25) is 0 Å². The van der Waals surface area contributed by atoms with Crippen molar-refractivity contribution >= 4 is 42.7 Å². The molecule has 5 aliphatic heterocycles. The van der Waals surface area contributed by atoms with Crippen LogP contribution < -0.4 is 0 Å². The van der Waals surface area contributed by atoms with Gasteiger partial charge in [-0.1, -0.05) is 13.8 Å². The molecule has 266 valence electrons. The van der Waals surface area contributed by atoms with Crippen LogP contribution in [0.25, 0.3) is 0 Å². The minimum Gasteiger partial charge on any atom is -0.427 e. The predicted molar refractivity (Wildman–Crippen MR) is 189 cm³/mol. The Bertz CT molecular complexity index is 743. The third kappa shape index (κ3) is 22.5. The van der Waals surface area contributed by atoms with Gasteiger partial charge < -0.3 is 56.6 Å². The minimum atomic E-state index is -1.17. The maximum Gasteiger partial charge on any atom is 0.454 e. The zero-order valence-corrected chi connectivity index (χ0v) is 31.7. The van der Waals surface area contributed by atoms with E-state index in [0.717, 1.165) is 52.5 Å². The molecular weight excluding hydrogens is 593 g/mol. The molecule has 46 heavy (non-hydrogen) atoms. The molecule has 18 heteroatoms. The second-order valence-corrected chi connectivity index (χ2v) is 14.4. The fourth-order valence-corrected chi connectivity index (χ4v) is 4.59. The molecule has 0 aromatic carbocycles. The largest absolute Gasteiger partial charge is 0.454 e. The molecule has 5 rings (SSSR count). The van der Waals surface area contributed by atoms with E-state index in [0.29, 0.717) is 6.10 Å². The Labute approximate surface area is 283 Å². The maximum atomic E-state index is 7.61. The maximum absolute atomic E-state index is 7.61. The number of hydrogen-bond acceptors (Lipinski definition) is 12. The van der Waals surface area contributed by atoms with Gasteiger partial charge in [0.1, 0.15) is 0 Å². The van der Waals surface area contributed by atoms with Gasteiger partial charge in [-0.2, -0.15) is 0 Å². The van der Waals surface area contributed by atoms with Crippen molar-refractivity contribution < 1.29 is 56.6 Å². The predicted octanol–water partition coefficient (Wildman–Crippen LogP) is 4.38. The highest BCUT2D eigenvalue weighted by Crippen LogP contribution is 2.36. The van der Waals surface area contributed by atoms with E-state index in [4.69, 9.17) is 56.6 Å². The highest BCUT2D eigenvalue weighted by atomic mass is 16.7. The van der Waals surface area contributed by atoms with Gasteiger partial charge in [-0.3, -0.25) is 0 Å². The fraction of sp³-hybridized carbons (Fsp3) is 1.00. The molecule has 5 heterocycles. The quantitative estimate of drug-likeness (QED) is 0.359. The van der Waals surface area contributed by atoms with Crippen molar-refractivity contribution in [1.82, 2.24) is 0 Å². The van der Waals surface area contributed by atoms with Crippen LogP contribution in [0, 0.1) is 5.41 Å². The lowest BCUT2D eigenvalue weighted by Gasteiger charge is -2.37. The summed E-state index contributed by atoms with van der Waals surface area (Å²) in [6.45, 7) is 34.5. The van der Waals surface area contributed by atoms with E-state index in [2.05, 4.69) is 62.3 Å². The molecule has 5 saturated heterocycles. The van der Waals surface area contributed by atoms with Crippen molar-refractivity contribution in [3.63, 3.8) is 0 Å². The van der Waals surface area contributed by atoms with Gasteiger partial charge in [0, 0.05) is 37.9 Å². The molecule has 0 spiro atoms. The molecule has 2 N–H and O–H groups in total. The second kappa shape index (κ2) is 21.9. The smallest absolute Gasteiger partial charge is 0.427 e. The van der Waals surface area contributed by atoms with Crippen LogP contribution in [-0.4, -0.2) is 115 Å². The Morgan fingerprint density at radius 1 is 0.565 bits per heavy atom. The third-order valence-corrected chi connectivity index (χ3v) is 7.26. The zero-order chi connectivity index (χ0) is 35.8. The summed E-state index contributed by atoms with van der Waals surface area (Å²) in [6, 6.07) is 0. The second-order valence-electron chi connectivity index (χ2n) is 14.4. The summed E-state index contributed by atoms with van der Waals surface area (Å²) < 4.78 is 52.5. The number of hydrogen-bond donors (Lipinski definition) is 2. The van der Waals surface area contributed by atoms with Gasteiger partial charge in [0.15, 0.2) is 0 Å². The lowest BCUT2D eigenvalue weighted by molar-refractivity contribution is -0.0261. The molecule has 0 radical (unpaired) electrons. The van der Waals surface area contributed by atoms with Crippen LogP contribution >= 0.6 is 0 Å². The summed E-state index contributed by atoms with van der Waals surface area (Å²) in [5, 5.41) is 15.2. The standard InChI is InChI=1S/2C7H15BO2.C6H13BO2.C4H9BO2.C3H7BO2.CH5BO2/c1-6-5-7(2,3)10-8(4)9-6;1-6(2)7(3,4)10-8(5)9-6;1-6(2)4-8-7(3)9-5-6;1-5-6-3-2-4-7-5;1-4-5-2-3-6-4;1-2(3)4/h6H,5H2,1-4H3;1-5H3;4-5H2,1-3H3;2-4H2,1H3;2-3H2,1H3;3-4H,1H3. The normalized spacial score (nSPS) is 25.5. The Balaban J connectivity index is 0.000000540. The van der Waals surface area contributed by atoms with E-state index in [9.17, 15) is 0 Å². The van der Waals surface area contributed by atoms with Gasteiger partial charge in [0.05, 0.1) is 30.0 Å². The van der Waals surface area contributed by atoms with Gasteiger partial charge in [-0.05, 0) is 102 Å². The highest BCUT2D eigenvalue weighted by Gasteiger charge is 2.48. The van der Waals surface area contributed by atoms with Gasteiger partial charge >= 0.3 is 42.7 Å². The SMILES string of the molecule is CB(O)O.CB1OC(C)(C)C(C)(C)O1.CB1OC(C)CC(C)(C)O1.CB1OCC(C)(C)CO1.CB1OCCCO1.CB1OCCO1. The molecule has 1 unspecified atom stereocenters. The summed E-state index contributed by atoms with van der Waals surface area (Å²) in [7, 11) is -1.19. The Hall–Kier alpha value is -0.0904. The van der Waals surface area contributed by atoms with Crippen molar-refractivity contribution in [3.8, 4) is 0 Å². The van der Waals surface area contributed by atoms with Crippen LogP contribution in [0.4, 0.5) is 0 Å². The Morgan fingerprint density at radius 3 is 1.15 bits per heavy atom. The molecule has 1 atom stereocenters. The van der Waals surface area contributed by atoms with E-state index < -0.39 is 7.12 Å². The average Bonchev–Trinajstić information content (AvgIpc) is 3.43. The van der Waals surface area contributed by atoms with Crippen LogP contribution in [0.15, 0.2) is 0 Å². The van der Waals surface area contributed by atoms with Crippen molar-refractivity contribution in [2.24, 2.45) is 5.41 Å². The zero-order valence-electron chi connectivity index (χ0n) is 31.7. The van der Waals surface area contributed by atoms with E-state index in [1.165, 1.54) is 6.82 Å². The molecule has 0 aromatic heterocycles. The molecule has 0 bridgehead atoms.